The minimum atomic E-state index is -0.215. The first-order chi connectivity index (χ1) is 7.16. The Kier molecular flexibility index (Phi) is 3.94. The smallest absolute Gasteiger partial charge is 0.161 e. The molecule has 0 aliphatic rings. The fourth-order valence-electron chi connectivity index (χ4n) is 1.54. The minimum absolute atomic E-state index is 0.144. The number of halogens is 3. The van der Waals surface area contributed by atoms with E-state index in [4.69, 9.17) is 34.8 Å². The van der Waals surface area contributed by atoms with Crippen LogP contribution < -0.4 is 0 Å². The van der Waals surface area contributed by atoms with Crippen LogP contribution in [0.3, 0.4) is 0 Å². The molecule has 1 aromatic rings. The predicted molar refractivity (Wildman–Crippen MR) is 70.2 cm³/mol. The number of carbonyl (C=O) groups excluding carboxylic acids is 1. The SMILES string of the molecule is CC(=O)c1cc(Cl)c(C(C)(C)C)c(Cl)c1Cl. The van der Waals surface area contributed by atoms with Gasteiger partial charge in [-0.1, -0.05) is 55.6 Å². The van der Waals surface area contributed by atoms with Crippen molar-refractivity contribution in [2.45, 2.75) is 33.1 Å². The molecule has 1 aromatic carbocycles. The van der Waals surface area contributed by atoms with Gasteiger partial charge in [0.1, 0.15) is 0 Å². The summed E-state index contributed by atoms with van der Waals surface area (Å²) in [7, 11) is 0. The quantitative estimate of drug-likeness (QED) is 0.513. The van der Waals surface area contributed by atoms with E-state index in [0.717, 1.165) is 5.56 Å². The fraction of sp³-hybridized carbons (Fsp3) is 0.417. The maximum atomic E-state index is 11.3. The first kappa shape index (κ1) is 13.8. The third-order valence-corrected chi connectivity index (χ3v) is 3.45. The van der Waals surface area contributed by atoms with Gasteiger partial charge in [0.05, 0.1) is 10.0 Å². The molecule has 0 unspecified atom stereocenters. The van der Waals surface area contributed by atoms with Gasteiger partial charge in [-0.25, -0.2) is 0 Å². The summed E-state index contributed by atoms with van der Waals surface area (Å²) in [5.74, 6) is -0.144. The molecule has 4 heteroatoms. The summed E-state index contributed by atoms with van der Waals surface area (Å²) in [5, 5.41) is 1.13. The molecule has 0 saturated heterocycles. The molecule has 0 radical (unpaired) electrons. The number of hydrogen-bond donors (Lipinski definition) is 0. The highest BCUT2D eigenvalue weighted by Crippen LogP contribution is 2.41. The molecule has 88 valence electrons. The number of ketones is 1. The van der Waals surface area contributed by atoms with Crippen molar-refractivity contribution in [3.63, 3.8) is 0 Å². The van der Waals surface area contributed by atoms with Gasteiger partial charge < -0.3 is 0 Å². The Hall–Kier alpha value is -0.240. The molecule has 1 nitrogen and oxygen atoms in total. The van der Waals surface area contributed by atoms with Crippen LogP contribution in [0.1, 0.15) is 43.6 Å². The van der Waals surface area contributed by atoms with Gasteiger partial charge in [-0.05, 0) is 24.0 Å². The molecule has 0 amide bonds. The van der Waals surface area contributed by atoms with E-state index in [1.807, 2.05) is 20.8 Å². The second-order valence-corrected chi connectivity index (χ2v) is 5.88. The highest BCUT2D eigenvalue weighted by Gasteiger charge is 2.25. The topological polar surface area (TPSA) is 17.1 Å². The van der Waals surface area contributed by atoms with E-state index in [1.54, 1.807) is 6.07 Å². The summed E-state index contributed by atoms with van der Waals surface area (Å²) >= 11 is 18.4. The maximum absolute atomic E-state index is 11.3. The third kappa shape index (κ3) is 2.53. The van der Waals surface area contributed by atoms with Gasteiger partial charge in [-0.2, -0.15) is 0 Å². The minimum Gasteiger partial charge on any atom is -0.294 e. The lowest BCUT2D eigenvalue weighted by atomic mass is 9.86. The van der Waals surface area contributed by atoms with E-state index in [1.165, 1.54) is 6.92 Å². The lowest BCUT2D eigenvalue weighted by molar-refractivity contribution is 0.101. The van der Waals surface area contributed by atoms with E-state index in [2.05, 4.69) is 0 Å². The lowest BCUT2D eigenvalue weighted by Gasteiger charge is -2.23. The number of rotatable bonds is 1. The van der Waals surface area contributed by atoms with E-state index in [0.29, 0.717) is 15.6 Å². The second-order valence-electron chi connectivity index (χ2n) is 4.72. The van der Waals surface area contributed by atoms with Crippen molar-refractivity contribution in [1.82, 2.24) is 0 Å². The zero-order valence-electron chi connectivity index (χ0n) is 9.62. The van der Waals surface area contributed by atoms with Crippen LogP contribution in [0.4, 0.5) is 0 Å². The fourth-order valence-corrected chi connectivity index (χ4v) is 2.84. The number of carbonyl (C=O) groups is 1. The third-order valence-electron chi connectivity index (χ3n) is 2.29. The standard InChI is InChI=1S/C12H13Cl3O/c1-6(16)7-5-8(13)9(12(2,3)4)11(15)10(7)14/h5H,1-4H3. The Bertz CT molecular complexity index is 445. The van der Waals surface area contributed by atoms with E-state index < -0.39 is 0 Å². The first-order valence-corrected chi connectivity index (χ1v) is 5.98. The average molecular weight is 280 g/mol. The Morgan fingerprint density at radius 3 is 2.00 bits per heavy atom. The van der Waals surface area contributed by atoms with E-state index in [9.17, 15) is 4.79 Å². The van der Waals surface area contributed by atoms with Crippen molar-refractivity contribution < 1.29 is 4.79 Å². The van der Waals surface area contributed by atoms with Crippen LogP contribution in [0.2, 0.25) is 15.1 Å². The van der Waals surface area contributed by atoms with Crippen molar-refractivity contribution in [2.24, 2.45) is 0 Å². The summed E-state index contributed by atoms with van der Waals surface area (Å²) in [6.45, 7) is 7.40. The normalized spacial score (nSPS) is 11.7. The van der Waals surface area contributed by atoms with Crippen LogP contribution in [-0.2, 0) is 5.41 Å². The number of hydrogen-bond acceptors (Lipinski definition) is 1. The van der Waals surface area contributed by atoms with Crippen LogP contribution >= 0.6 is 34.8 Å². The first-order valence-electron chi connectivity index (χ1n) is 4.85. The van der Waals surface area contributed by atoms with Gasteiger partial charge >= 0.3 is 0 Å². The maximum Gasteiger partial charge on any atom is 0.161 e. The monoisotopic (exact) mass is 278 g/mol. The molecule has 0 saturated carbocycles. The number of benzene rings is 1. The molecular formula is C12H13Cl3O. The van der Waals surface area contributed by atoms with Crippen LogP contribution in [0.15, 0.2) is 6.07 Å². The summed E-state index contributed by atoms with van der Waals surface area (Å²) in [6, 6.07) is 1.58. The van der Waals surface area contributed by atoms with Crippen molar-refractivity contribution >= 4 is 40.6 Å². The predicted octanol–water partition coefficient (Wildman–Crippen LogP) is 5.15. The molecule has 0 fully saturated rings. The second kappa shape index (κ2) is 4.56. The Morgan fingerprint density at radius 1 is 1.12 bits per heavy atom. The molecule has 0 atom stereocenters. The molecule has 0 bridgehead atoms. The summed E-state index contributed by atoms with van der Waals surface area (Å²) in [5.41, 5.74) is 0.920. The molecular weight excluding hydrogens is 266 g/mol. The molecule has 0 N–H and O–H groups in total. The Balaban J connectivity index is 3.59. The van der Waals surface area contributed by atoms with Crippen LogP contribution in [0, 0.1) is 0 Å². The van der Waals surface area contributed by atoms with Crippen molar-refractivity contribution in [3.05, 3.63) is 32.3 Å². The van der Waals surface area contributed by atoms with Crippen molar-refractivity contribution in [2.75, 3.05) is 0 Å². The van der Waals surface area contributed by atoms with Crippen LogP contribution in [-0.4, -0.2) is 5.78 Å². The van der Waals surface area contributed by atoms with E-state index >= 15 is 0 Å². The van der Waals surface area contributed by atoms with Gasteiger partial charge in [0, 0.05) is 10.6 Å². The van der Waals surface area contributed by atoms with Gasteiger partial charge in [0.2, 0.25) is 0 Å². The molecule has 0 aliphatic carbocycles. The van der Waals surface area contributed by atoms with Crippen LogP contribution in [0.5, 0.6) is 0 Å². The zero-order chi connectivity index (χ0) is 12.7. The molecule has 0 aromatic heterocycles. The molecule has 1 rings (SSSR count). The summed E-state index contributed by atoms with van der Waals surface area (Å²) < 4.78 is 0. The number of Topliss-reactive ketones (excluding diaryl/α,β-unsaturated/α-hetero) is 1. The van der Waals surface area contributed by atoms with Gasteiger partial charge in [0.25, 0.3) is 0 Å². The summed E-state index contributed by atoms with van der Waals surface area (Å²) in [4.78, 5) is 11.3. The molecule has 0 heterocycles. The van der Waals surface area contributed by atoms with Gasteiger partial charge in [-0.15, -0.1) is 0 Å². The highest BCUT2D eigenvalue weighted by molar-refractivity contribution is 6.46. The van der Waals surface area contributed by atoms with Crippen LogP contribution in [0.25, 0.3) is 0 Å². The van der Waals surface area contributed by atoms with Gasteiger partial charge in [0.15, 0.2) is 5.78 Å². The zero-order valence-corrected chi connectivity index (χ0v) is 11.9. The molecule has 16 heavy (non-hydrogen) atoms. The summed E-state index contributed by atoms with van der Waals surface area (Å²) in [6.07, 6.45) is 0. The molecule has 0 spiro atoms. The Labute approximate surface area is 111 Å². The average Bonchev–Trinajstić information content (AvgIpc) is 2.08. The Morgan fingerprint density at radius 2 is 1.62 bits per heavy atom. The molecule has 0 aliphatic heterocycles. The largest absolute Gasteiger partial charge is 0.294 e. The lowest BCUT2D eigenvalue weighted by Crippen LogP contribution is -2.14. The van der Waals surface area contributed by atoms with Gasteiger partial charge in [-0.3, -0.25) is 4.79 Å². The van der Waals surface area contributed by atoms with E-state index in [-0.39, 0.29) is 16.2 Å². The van der Waals surface area contributed by atoms with Crippen molar-refractivity contribution in [3.8, 4) is 0 Å². The van der Waals surface area contributed by atoms with Crippen molar-refractivity contribution in [1.29, 1.82) is 0 Å². The highest BCUT2D eigenvalue weighted by atomic mass is 35.5.